The molecule has 8 bridgehead atoms. The van der Waals surface area contributed by atoms with Crippen LogP contribution in [-0.4, -0.2) is 53.8 Å². The fraction of sp³-hybridized carbons (Fsp3) is 0.306. The van der Waals surface area contributed by atoms with E-state index in [-0.39, 0.29) is 5.69 Å². The quantitative estimate of drug-likeness (QED) is 0.196. The van der Waals surface area contributed by atoms with Gasteiger partial charge in [-0.1, -0.05) is 41.9 Å². The lowest BCUT2D eigenvalue weighted by Crippen LogP contribution is -2.20. The van der Waals surface area contributed by atoms with Gasteiger partial charge in [0.1, 0.15) is 11.4 Å². The molecule has 0 unspecified atom stereocenters. The number of thioether (sulfide) groups is 1. The van der Waals surface area contributed by atoms with E-state index in [0.29, 0.717) is 37.6 Å². The van der Waals surface area contributed by atoms with Crippen LogP contribution in [0.3, 0.4) is 0 Å². The zero-order valence-electron chi connectivity index (χ0n) is 27.2. The molecule has 0 radical (unpaired) electrons. The van der Waals surface area contributed by atoms with Crippen molar-refractivity contribution in [1.29, 1.82) is 0 Å². The van der Waals surface area contributed by atoms with Gasteiger partial charge >= 0.3 is 5.97 Å². The molecule has 4 heterocycles. The summed E-state index contributed by atoms with van der Waals surface area (Å²) < 4.78 is 12.1. The van der Waals surface area contributed by atoms with Gasteiger partial charge < -0.3 is 14.4 Å². The molecule has 1 aliphatic heterocycles. The first-order valence-corrected chi connectivity index (χ1v) is 17.0. The third-order valence-corrected chi connectivity index (χ3v) is 10.4. The van der Waals surface area contributed by atoms with E-state index in [1.807, 2.05) is 61.7 Å². The first kappa shape index (κ1) is 31.4. The van der Waals surface area contributed by atoms with Crippen LogP contribution in [0, 0.1) is 6.92 Å². The molecule has 6 aromatic rings. The third-order valence-electron chi connectivity index (χ3n) is 9.09. The lowest BCUT2D eigenvalue weighted by molar-refractivity contribution is 0.0685. The molecule has 3 aromatic carbocycles. The van der Waals surface area contributed by atoms with Crippen LogP contribution in [0.2, 0.25) is 5.02 Å². The van der Waals surface area contributed by atoms with Gasteiger partial charge in [0.15, 0.2) is 0 Å². The Labute approximate surface area is 282 Å². The van der Waals surface area contributed by atoms with Gasteiger partial charge in [0.2, 0.25) is 0 Å². The molecule has 9 nitrogen and oxygen atoms in total. The minimum atomic E-state index is -0.968. The number of ether oxygens (including phenoxy) is 1. The number of carboxylic acids is 1. The lowest BCUT2D eigenvalue weighted by atomic mass is 9.98. The normalized spacial score (nSPS) is 14.7. The maximum absolute atomic E-state index is 12.8. The molecule has 0 spiro atoms. The van der Waals surface area contributed by atoms with Crippen molar-refractivity contribution in [3.05, 3.63) is 93.7 Å². The van der Waals surface area contributed by atoms with Crippen LogP contribution >= 0.6 is 23.4 Å². The van der Waals surface area contributed by atoms with Crippen molar-refractivity contribution in [1.82, 2.24) is 29.0 Å². The number of fused-ring (bicyclic) bond motifs is 8. The second-order valence-electron chi connectivity index (χ2n) is 12.3. The average molecular weight is 669 g/mol. The number of carboxylic acid groups (broad SMARTS) is 1. The number of aromatic nitrogens is 5. The number of hydrogen-bond acceptors (Lipinski definition) is 6. The topological polar surface area (TPSA) is 90.3 Å². The highest BCUT2D eigenvalue weighted by atomic mass is 35.5. The van der Waals surface area contributed by atoms with Crippen molar-refractivity contribution in [2.24, 2.45) is 21.1 Å². The van der Waals surface area contributed by atoms with Crippen molar-refractivity contribution in [3.63, 3.8) is 0 Å². The Bertz CT molecular complexity index is 2180. The molecule has 1 N–H and O–H groups in total. The van der Waals surface area contributed by atoms with Crippen LogP contribution in [-0.2, 0) is 46.4 Å². The van der Waals surface area contributed by atoms with Gasteiger partial charge in [-0.15, -0.1) is 11.8 Å². The molecule has 47 heavy (non-hydrogen) atoms. The summed E-state index contributed by atoms with van der Waals surface area (Å²) in [7, 11) is 7.84. The number of halogens is 1. The Hall–Kier alpha value is -4.25. The van der Waals surface area contributed by atoms with Gasteiger partial charge in [-0.3, -0.25) is 14.3 Å². The fourth-order valence-electron chi connectivity index (χ4n) is 6.99. The van der Waals surface area contributed by atoms with E-state index in [4.69, 9.17) is 26.5 Å². The molecule has 0 atom stereocenters. The minimum Gasteiger partial charge on any atom is -0.493 e. The third kappa shape index (κ3) is 5.68. The highest BCUT2D eigenvalue weighted by Crippen LogP contribution is 2.42. The average Bonchev–Trinajstić information content (AvgIpc) is 3.62. The Morgan fingerprint density at radius 2 is 1.77 bits per heavy atom. The molecule has 242 valence electrons. The molecule has 0 amide bonds. The zero-order chi connectivity index (χ0) is 33.0. The summed E-state index contributed by atoms with van der Waals surface area (Å²) >= 11 is 8.77. The van der Waals surface area contributed by atoms with Crippen molar-refractivity contribution >= 4 is 51.0 Å². The summed E-state index contributed by atoms with van der Waals surface area (Å²) in [5.41, 5.74) is 7.53. The summed E-state index contributed by atoms with van der Waals surface area (Å²) in [6.45, 7) is 3.67. The molecule has 11 heteroatoms. The summed E-state index contributed by atoms with van der Waals surface area (Å²) in [5, 5.41) is 23.7. The SMILES string of the molecule is Cc1nn(C)c2c1-c1c(Cl)ccc3c(c(C(=O)O)n(C)c13)CCCOc1cc(cc3ccccc13)SCc1cc(nn1C)CN(C)C2. The number of benzene rings is 3. The standard InChI is InChI=1S/C36H37ClN6O3S/c1-21-32-30(43(5)38-21)19-40(2)18-23-16-24(42(4)39-23)20-47-25-15-22-9-6-7-10-26(22)31(17-25)46-14-8-11-27-28-12-13-29(37)33(32)34(28)41(3)35(27)36(44)45/h6-7,9-10,12-13,15-17H,8,11,14,18-20H2,1-5H3,(H,44,45). The van der Waals surface area contributed by atoms with Crippen LogP contribution in [0.25, 0.3) is 32.8 Å². The maximum Gasteiger partial charge on any atom is 0.352 e. The van der Waals surface area contributed by atoms with Gasteiger partial charge in [-0.2, -0.15) is 10.2 Å². The summed E-state index contributed by atoms with van der Waals surface area (Å²) in [6.07, 6.45) is 1.18. The summed E-state index contributed by atoms with van der Waals surface area (Å²) in [4.78, 5) is 16.1. The van der Waals surface area contributed by atoms with Crippen molar-refractivity contribution < 1.29 is 14.6 Å². The Morgan fingerprint density at radius 1 is 0.957 bits per heavy atom. The summed E-state index contributed by atoms with van der Waals surface area (Å²) in [5.74, 6) is 0.630. The van der Waals surface area contributed by atoms with E-state index in [1.54, 1.807) is 16.3 Å². The number of aryl methyl sites for hydroxylation is 5. The summed E-state index contributed by atoms with van der Waals surface area (Å²) in [6, 6.07) is 18.6. The Kier molecular flexibility index (Phi) is 8.28. The second kappa shape index (κ2) is 12.4. The van der Waals surface area contributed by atoms with Gasteiger partial charge in [0.25, 0.3) is 0 Å². The van der Waals surface area contributed by atoms with Gasteiger partial charge in [-0.25, -0.2) is 4.79 Å². The van der Waals surface area contributed by atoms with Crippen molar-refractivity contribution in [3.8, 4) is 16.9 Å². The first-order chi connectivity index (χ1) is 22.6. The predicted molar refractivity (Wildman–Crippen MR) is 188 cm³/mol. The number of carbonyl (C=O) groups is 1. The maximum atomic E-state index is 12.8. The molecular weight excluding hydrogens is 632 g/mol. The monoisotopic (exact) mass is 668 g/mol. The first-order valence-electron chi connectivity index (χ1n) is 15.6. The second-order valence-corrected chi connectivity index (χ2v) is 13.8. The van der Waals surface area contributed by atoms with Crippen molar-refractivity contribution in [2.45, 2.75) is 43.5 Å². The van der Waals surface area contributed by atoms with Gasteiger partial charge in [0.05, 0.1) is 34.2 Å². The molecule has 1 aliphatic rings. The van der Waals surface area contributed by atoms with Gasteiger partial charge in [0, 0.05) is 72.5 Å². The van der Waals surface area contributed by atoms with Crippen molar-refractivity contribution in [2.75, 3.05) is 13.7 Å². The van der Waals surface area contributed by atoms with E-state index in [2.05, 4.69) is 42.3 Å². The molecule has 3 aromatic heterocycles. The predicted octanol–water partition coefficient (Wildman–Crippen LogP) is 7.37. The Balaban J connectivity index is 1.38. The van der Waals surface area contributed by atoms with Crippen LogP contribution in [0.4, 0.5) is 0 Å². The molecule has 0 saturated carbocycles. The van der Waals surface area contributed by atoms with Crippen LogP contribution in [0.15, 0.2) is 59.5 Å². The van der Waals surface area contributed by atoms with E-state index in [1.165, 1.54) is 0 Å². The minimum absolute atomic E-state index is 0.265. The van der Waals surface area contributed by atoms with Gasteiger partial charge in [-0.05, 0) is 62.0 Å². The Morgan fingerprint density at radius 3 is 2.57 bits per heavy atom. The lowest BCUT2D eigenvalue weighted by Gasteiger charge is -2.18. The fourth-order valence-corrected chi connectivity index (χ4v) is 8.22. The highest BCUT2D eigenvalue weighted by molar-refractivity contribution is 7.98. The molecule has 0 aliphatic carbocycles. The number of rotatable bonds is 1. The van der Waals surface area contributed by atoms with Crippen LogP contribution in [0.1, 0.15) is 45.2 Å². The molecule has 7 rings (SSSR count). The molecule has 0 saturated heterocycles. The van der Waals surface area contributed by atoms with Crippen LogP contribution < -0.4 is 4.74 Å². The molecule has 0 fully saturated rings. The number of hydrogen-bond donors (Lipinski definition) is 1. The number of aromatic carboxylic acids is 1. The van der Waals surface area contributed by atoms with E-state index < -0.39 is 5.97 Å². The largest absolute Gasteiger partial charge is 0.493 e. The highest BCUT2D eigenvalue weighted by Gasteiger charge is 2.27. The van der Waals surface area contributed by atoms with E-state index >= 15 is 0 Å². The number of nitrogens with zero attached hydrogens (tertiary/aromatic N) is 6. The van der Waals surface area contributed by atoms with Crippen LogP contribution in [0.5, 0.6) is 5.75 Å². The molecular formula is C36H37ClN6O3S. The van der Waals surface area contributed by atoms with E-state index in [0.717, 1.165) is 77.5 Å². The zero-order valence-corrected chi connectivity index (χ0v) is 28.7. The smallest absolute Gasteiger partial charge is 0.352 e. The van der Waals surface area contributed by atoms with E-state index in [9.17, 15) is 9.90 Å².